The third-order valence-electron chi connectivity index (χ3n) is 4.03. The van der Waals surface area contributed by atoms with Crippen LogP contribution in [0.2, 0.25) is 0 Å². The Morgan fingerprint density at radius 3 is 2.65 bits per heavy atom. The Labute approximate surface area is 136 Å². The van der Waals surface area contributed by atoms with Crippen LogP contribution in [0.1, 0.15) is 18.3 Å². The molecule has 3 rings (SSSR count). The van der Waals surface area contributed by atoms with Crippen LogP contribution in [0.4, 0.5) is 5.69 Å². The Hall–Kier alpha value is -2.34. The van der Waals surface area contributed by atoms with Crippen LogP contribution in [0, 0.1) is 6.92 Å². The van der Waals surface area contributed by atoms with Gasteiger partial charge >= 0.3 is 0 Å². The number of nitrogens with zero attached hydrogens (tertiary/aromatic N) is 2. The molecule has 5 nitrogen and oxygen atoms in total. The first kappa shape index (κ1) is 15.6. The monoisotopic (exact) mass is 329 g/mol. The van der Waals surface area contributed by atoms with Crippen LogP contribution in [0.5, 0.6) is 0 Å². The lowest BCUT2D eigenvalue weighted by Crippen LogP contribution is -2.14. The summed E-state index contributed by atoms with van der Waals surface area (Å²) in [5.74, 6) is 0.846. The van der Waals surface area contributed by atoms with Crippen molar-refractivity contribution in [2.75, 3.05) is 4.72 Å². The molecule has 0 saturated carbocycles. The van der Waals surface area contributed by atoms with Crippen LogP contribution in [0.25, 0.3) is 11.0 Å². The van der Waals surface area contributed by atoms with Gasteiger partial charge in [0, 0.05) is 7.05 Å². The molecule has 2 aromatic carbocycles. The molecule has 0 bridgehead atoms. The second kappa shape index (κ2) is 5.70. The van der Waals surface area contributed by atoms with E-state index in [1.165, 1.54) is 0 Å². The second-order valence-corrected chi connectivity index (χ2v) is 7.17. The van der Waals surface area contributed by atoms with Gasteiger partial charge in [0.15, 0.2) is 0 Å². The number of imidazole rings is 1. The fraction of sp³-hybridized carbons (Fsp3) is 0.235. The maximum atomic E-state index is 12.7. The minimum Gasteiger partial charge on any atom is -0.331 e. The number of hydrogen-bond donors (Lipinski definition) is 1. The number of aromatic nitrogens is 2. The number of hydrogen-bond acceptors (Lipinski definition) is 3. The summed E-state index contributed by atoms with van der Waals surface area (Å²) in [5, 5.41) is 0. The summed E-state index contributed by atoms with van der Waals surface area (Å²) < 4.78 is 29.9. The van der Waals surface area contributed by atoms with Crippen LogP contribution in [-0.2, 0) is 23.5 Å². The third kappa shape index (κ3) is 2.82. The Kier molecular flexibility index (Phi) is 3.85. The summed E-state index contributed by atoms with van der Waals surface area (Å²) in [6, 6.07) is 12.4. The number of benzene rings is 2. The van der Waals surface area contributed by atoms with Crippen LogP contribution in [0.15, 0.2) is 47.4 Å². The Balaban J connectivity index is 2.02. The number of fused-ring (bicyclic) bond motifs is 1. The van der Waals surface area contributed by atoms with Crippen LogP contribution >= 0.6 is 0 Å². The van der Waals surface area contributed by atoms with Gasteiger partial charge in [-0.2, -0.15) is 0 Å². The van der Waals surface area contributed by atoms with E-state index in [1.807, 2.05) is 43.7 Å². The SMILES string of the molecule is CCc1ccccc1NS(=O)(=O)c1ccc2c(c1)nc(C)n2C. The van der Waals surface area contributed by atoms with E-state index < -0.39 is 10.0 Å². The number of rotatable bonds is 4. The lowest BCUT2D eigenvalue weighted by molar-refractivity contribution is 0.601. The van der Waals surface area contributed by atoms with Crippen LogP contribution < -0.4 is 4.72 Å². The van der Waals surface area contributed by atoms with E-state index >= 15 is 0 Å². The molecule has 0 aliphatic carbocycles. The molecule has 23 heavy (non-hydrogen) atoms. The smallest absolute Gasteiger partial charge is 0.261 e. The number of nitrogens with one attached hydrogen (secondary N) is 1. The summed E-state index contributed by atoms with van der Waals surface area (Å²) >= 11 is 0. The number of aryl methyl sites for hydroxylation is 3. The van der Waals surface area contributed by atoms with Gasteiger partial charge in [-0.15, -0.1) is 0 Å². The van der Waals surface area contributed by atoms with Gasteiger partial charge in [0.2, 0.25) is 0 Å². The molecular formula is C17H19N3O2S. The Morgan fingerprint density at radius 1 is 1.17 bits per heavy atom. The summed E-state index contributed by atoms with van der Waals surface area (Å²) in [7, 11) is -1.73. The topological polar surface area (TPSA) is 64.0 Å². The molecule has 3 aromatic rings. The number of para-hydroxylation sites is 1. The Morgan fingerprint density at radius 2 is 1.91 bits per heavy atom. The maximum absolute atomic E-state index is 12.7. The average Bonchev–Trinajstić information content (AvgIpc) is 2.82. The van der Waals surface area contributed by atoms with E-state index in [0.29, 0.717) is 11.2 Å². The molecule has 0 amide bonds. The number of anilines is 1. The molecule has 0 unspecified atom stereocenters. The molecule has 1 N–H and O–H groups in total. The van der Waals surface area contributed by atoms with E-state index in [0.717, 1.165) is 23.3 Å². The maximum Gasteiger partial charge on any atom is 0.261 e. The summed E-state index contributed by atoms with van der Waals surface area (Å²) in [5.41, 5.74) is 3.17. The molecule has 0 aliphatic heterocycles. The van der Waals surface area contributed by atoms with Crippen molar-refractivity contribution >= 4 is 26.7 Å². The molecule has 0 atom stereocenters. The van der Waals surface area contributed by atoms with E-state index in [1.54, 1.807) is 24.3 Å². The first-order valence-corrected chi connectivity index (χ1v) is 8.94. The van der Waals surface area contributed by atoms with Crippen molar-refractivity contribution in [3.63, 3.8) is 0 Å². The minimum atomic E-state index is -3.64. The highest BCUT2D eigenvalue weighted by Gasteiger charge is 2.17. The molecule has 1 aromatic heterocycles. The predicted octanol–water partition coefficient (Wildman–Crippen LogP) is 3.24. The van der Waals surface area contributed by atoms with Crippen molar-refractivity contribution in [3.05, 3.63) is 53.9 Å². The highest BCUT2D eigenvalue weighted by atomic mass is 32.2. The van der Waals surface area contributed by atoms with Crippen molar-refractivity contribution in [2.24, 2.45) is 7.05 Å². The van der Waals surface area contributed by atoms with Crippen LogP contribution in [0.3, 0.4) is 0 Å². The summed E-state index contributed by atoms with van der Waals surface area (Å²) in [4.78, 5) is 4.62. The van der Waals surface area contributed by atoms with Gasteiger partial charge in [-0.1, -0.05) is 25.1 Å². The molecule has 1 heterocycles. The molecule has 0 aliphatic rings. The molecular weight excluding hydrogens is 310 g/mol. The van der Waals surface area contributed by atoms with Gasteiger partial charge in [0.05, 0.1) is 21.6 Å². The molecule has 0 spiro atoms. The zero-order chi connectivity index (χ0) is 16.6. The zero-order valence-electron chi connectivity index (χ0n) is 13.4. The highest BCUT2D eigenvalue weighted by Crippen LogP contribution is 2.23. The van der Waals surface area contributed by atoms with Crippen molar-refractivity contribution in [1.82, 2.24) is 9.55 Å². The third-order valence-corrected chi connectivity index (χ3v) is 5.39. The molecule has 0 radical (unpaired) electrons. The quantitative estimate of drug-likeness (QED) is 0.799. The van der Waals surface area contributed by atoms with E-state index in [-0.39, 0.29) is 4.90 Å². The van der Waals surface area contributed by atoms with Gasteiger partial charge in [-0.05, 0) is 43.2 Å². The van der Waals surface area contributed by atoms with E-state index in [4.69, 9.17) is 0 Å². The van der Waals surface area contributed by atoms with Crippen molar-refractivity contribution in [1.29, 1.82) is 0 Å². The largest absolute Gasteiger partial charge is 0.331 e. The van der Waals surface area contributed by atoms with E-state index in [2.05, 4.69) is 9.71 Å². The summed E-state index contributed by atoms with van der Waals surface area (Å²) in [6.07, 6.45) is 0.761. The second-order valence-electron chi connectivity index (χ2n) is 5.48. The Bertz CT molecular complexity index is 975. The normalized spacial score (nSPS) is 11.8. The lowest BCUT2D eigenvalue weighted by Gasteiger charge is -2.11. The zero-order valence-corrected chi connectivity index (χ0v) is 14.2. The molecule has 0 saturated heterocycles. The summed E-state index contributed by atoms with van der Waals surface area (Å²) in [6.45, 7) is 3.89. The van der Waals surface area contributed by atoms with Gasteiger partial charge in [0.25, 0.3) is 10.0 Å². The van der Waals surface area contributed by atoms with Crippen molar-refractivity contribution in [3.8, 4) is 0 Å². The average molecular weight is 329 g/mol. The van der Waals surface area contributed by atoms with Gasteiger partial charge in [-0.3, -0.25) is 4.72 Å². The minimum absolute atomic E-state index is 0.217. The number of sulfonamides is 1. The highest BCUT2D eigenvalue weighted by molar-refractivity contribution is 7.92. The standard InChI is InChI=1S/C17H19N3O2S/c1-4-13-7-5-6-8-15(13)19-23(21,22)14-9-10-17-16(11-14)18-12(2)20(17)3/h5-11,19H,4H2,1-3H3. The van der Waals surface area contributed by atoms with Crippen molar-refractivity contribution in [2.45, 2.75) is 25.2 Å². The molecule has 0 fully saturated rings. The fourth-order valence-corrected chi connectivity index (χ4v) is 3.72. The fourth-order valence-electron chi connectivity index (χ4n) is 2.60. The first-order valence-electron chi connectivity index (χ1n) is 7.46. The first-order chi connectivity index (χ1) is 10.9. The van der Waals surface area contributed by atoms with Gasteiger partial charge < -0.3 is 4.57 Å². The molecule has 6 heteroatoms. The lowest BCUT2D eigenvalue weighted by atomic mass is 10.1. The van der Waals surface area contributed by atoms with Gasteiger partial charge in [-0.25, -0.2) is 13.4 Å². The van der Waals surface area contributed by atoms with Crippen molar-refractivity contribution < 1.29 is 8.42 Å². The molecule has 120 valence electrons. The predicted molar refractivity (Wildman–Crippen MR) is 92.1 cm³/mol. The van der Waals surface area contributed by atoms with Crippen LogP contribution in [-0.4, -0.2) is 18.0 Å². The van der Waals surface area contributed by atoms with Gasteiger partial charge in [0.1, 0.15) is 5.82 Å². The van der Waals surface area contributed by atoms with E-state index in [9.17, 15) is 8.42 Å².